The SMILES string of the molecule is NC(=O)CCCc1nc2cc(N(CCO)CCO)ccc2n1N. The van der Waals surface area contributed by atoms with Gasteiger partial charge in [0.05, 0.1) is 24.2 Å². The van der Waals surface area contributed by atoms with E-state index in [0.717, 1.165) is 16.7 Å². The van der Waals surface area contributed by atoms with Crippen molar-refractivity contribution >= 4 is 22.6 Å². The van der Waals surface area contributed by atoms with Gasteiger partial charge < -0.3 is 26.7 Å². The highest BCUT2D eigenvalue weighted by Crippen LogP contribution is 2.22. The van der Waals surface area contributed by atoms with Crippen LogP contribution in [0.5, 0.6) is 0 Å². The maximum absolute atomic E-state index is 10.8. The minimum absolute atomic E-state index is 0.00172. The van der Waals surface area contributed by atoms with E-state index in [0.29, 0.717) is 38.2 Å². The first-order valence-electron chi connectivity index (χ1n) is 7.58. The predicted molar refractivity (Wildman–Crippen MR) is 88.4 cm³/mol. The molecule has 2 rings (SSSR count). The van der Waals surface area contributed by atoms with Gasteiger partial charge in [0.25, 0.3) is 0 Å². The van der Waals surface area contributed by atoms with Crippen LogP contribution in [0.4, 0.5) is 5.69 Å². The molecule has 8 heteroatoms. The molecular formula is C15H23N5O3. The first-order valence-corrected chi connectivity index (χ1v) is 7.58. The van der Waals surface area contributed by atoms with Crippen LogP contribution in [0.25, 0.3) is 11.0 Å². The van der Waals surface area contributed by atoms with Crippen molar-refractivity contribution in [2.75, 3.05) is 37.0 Å². The summed E-state index contributed by atoms with van der Waals surface area (Å²) >= 11 is 0. The Bertz CT molecular complexity index is 664. The highest BCUT2D eigenvalue weighted by molar-refractivity contribution is 5.80. The van der Waals surface area contributed by atoms with Crippen LogP contribution >= 0.6 is 0 Å². The third-order valence-corrected chi connectivity index (χ3v) is 3.67. The fourth-order valence-corrected chi connectivity index (χ4v) is 2.54. The minimum Gasteiger partial charge on any atom is -0.395 e. The quantitative estimate of drug-likeness (QED) is 0.454. The third kappa shape index (κ3) is 4.11. The fourth-order valence-electron chi connectivity index (χ4n) is 2.54. The number of aryl methyl sites for hydroxylation is 1. The molecule has 1 heterocycles. The number of nitrogens with two attached hydrogens (primary N) is 2. The lowest BCUT2D eigenvalue weighted by molar-refractivity contribution is -0.118. The van der Waals surface area contributed by atoms with Crippen molar-refractivity contribution in [1.82, 2.24) is 9.66 Å². The molecule has 0 spiro atoms. The molecule has 2 aromatic rings. The molecule has 1 aromatic heterocycles. The average Bonchev–Trinajstić information content (AvgIpc) is 2.83. The minimum atomic E-state index is -0.337. The van der Waals surface area contributed by atoms with Crippen LogP contribution in [-0.4, -0.2) is 52.1 Å². The van der Waals surface area contributed by atoms with Gasteiger partial charge in [-0.3, -0.25) is 4.79 Å². The number of aliphatic hydroxyl groups is 2. The Morgan fingerprint density at radius 3 is 2.57 bits per heavy atom. The van der Waals surface area contributed by atoms with Crippen molar-refractivity contribution in [3.05, 3.63) is 24.0 Å². The van der Waals surface area contributed by atoms with Gasteiger partial charge in [0, 0.05) is 31.6 Å². The zero-order valence-corrected chi connectivity index (χ0v) is 13.0. The molecule has 0 bridgehead atoms. The molecular weight excluding hydrogens is 298 g/mol. The van der Waals surface area contributed by atoms with E-state index in [9.17, 15) is 4.79 Å². The van der Waals surface area contributed by atoms with Gasteiger partial charge in [-0.15, -0.1) is 0 Å². The van der Waals surface area contributed by atoms with Crippen molar-refractivity contribution in [1.29, 1.82) is 0 Å². The molecule has 126 valence electrons. The second-order valence-corrected chi connectivity index (χ2v) is 5.33. The summed E-state index contributed by atoms with van der Waals surface area (Å²) in [6.45, 7) is 0.866. The molecule has 1 amide bonds. The largest absolute Gasteiger partial charge is 0.395 e. The summed E-state index contributed by atoms with van der Waals surface area (Å²) < 4.78 is 1.52. The Balaban J connectivity index is 2.23. The Kier molecular flexibility index (Phi) is 5.78. The Labute approximate surface area is 134 Å². The summed E-state index contributed by atoms with van der Waals surface area (Å²) in [6.07, 6.45) is 1.47. The van der Waals surface area contributed by atoms with E-state index in [-0.39, 0.29) is 19.1 Å². The standard InChI is InChI=1S/C15H23N5O3/c16-14(23)2-1-3-15-18-12-10-11(4-5-13(12)20(15)17)19(6-8-21)7-9-22/h4-5,10,21-22H,1-3,6-9,17H2,(H2,16,23). The average molecular weight is 321 g/mol. The number of primary amides is 1. The number of carbonyl (C=O) groups excluding carboxylic acids is 1. The van der Waals surface area contributed by atoms with Gasteiger partial charge in [-0.2, -0.15) is 0 Å². The third-order valence-electron chi connectivity index (χ3n) is 3.67. The number of anilines is 1. The first-order chi connectivity index (χ1) is 11.1. The number of carbonyl (C=O) groups is 1. The number of amides is 1. The molecule has 0 unspecified atom stereocenters. The number of benzene rings is 1. The number of imidazole rings is 1. The lowest BCUT2D eigenvalue weighted by atomic mass is 10.2. The normalized spacial score (nSPS) is 11.0. The van der Waals surface area contributed by atoms with Crippen LogP contribution < -0.4 is 16.5 Å². The van der Waals surface area contributed by atoms with Crippen molar-refractivity contribution < 1.29 is 15.0 Å². The summed E-state index contributed by atoms with van der Waals surface area (Å²) in [5, 5.41) is 18.3. The van der Waals surface area contributed by atoms with Gasteiger partial charge in [0.2, 0.25) is 5.91 Å². The van der Waals surface area contributed by atoms with Crippen LogP contribution in [0.1, 0.15) is 18.7 Å². The topological polar surface area (TPSA) is 131 Å². The molecule has 0 aliphatic rings. The molecule has 0 saturated carbocycles. The number of hydrogen-bond acceptors (Lipinski definition) is 6. The lowest BCUT2D eigenvalue weighted by Crippen LogP contribution is -2.29. The van der Waals surface area contributed by atoms with E-state index < -0.39 is 0 Å². The van der Waals surface area contributed by atoms with E-state index >= 15 is 0 Å². The smallest absolute Gasteiger partial charge is 0.217 e. The van der Waals surface area contributed by atoms with Crippen molar-refractivity contribution in [3.8, 4) is 0 Å². The zero-order chi connectivity index (χ0) is 16.8. The first kappa shape index (κ1) is 17.0. The Morgan fingerprint density at radius 1 is 1.26 bits per heavy atom. The molecule has 0 aliphatic carbocycles. The van der Waals surface area contributed by atoms with E-state index in [2.05, 4.69) is 4.98 Å². The second-order valence-electron chi connectivity index (χ2n) is 5.33. The summed E-state index contributed by atoms with van der Waals surface area (Å²) in [5.74, 6) is 6.40. The van der Waals surface area contributed by atoms with Gasteiger partial charge in [0.1, 0.15) is 5.82 Å². The van der Waals surface area contributed by atoms with Gasteiger partial charge in [-0.25, -0.2) is 9.66 Å². The zero-order valence-electron chi connectivity index (χ0n) is 13.0. The fraction of sp³-hybridized carbons (Fsp3) is 0.467. The van der Waals surface area contributed by atoms with E-state index in [4.69, 9.17) is 21.8 Å². The molecule has 0 radical (unpaired) electrons. The molecule has 0 fully saturated rings. The second kappa shape index (κ2) is 7.80. The predicted octanol–water partition coefficient (Wildman–Crippen LogP) is -0.651. The molecule has 0 saturated heterocycles. The highest BCUT2D eigenvalue weighted by atomic mass is 16.3. The molecule has 23 heavy (non-hydrogen) atoms. The maximum atomic E-state index is 10.8. The molecule has 8 nitrogen and oxygen atoms in total. The number of nitrogens with zero attached hydrogens (tertiary/aromatic N) is 3. The van der Waals surface area contributed by atoms with Gasteiger partial charge >= 0.3 is 0 Å². The number of nitrogen functional groups attached to an aromatic ring is 1. The van der Waals surface area contributed by atoms with Crippen molar-refractivity contribution in [2.45, 2.75) is 19.3 Å². The maximum Gasteiger partial charge on any atom is 0.217 e. The van der Waals surface area contributed by atoms with Crippen molar-refractivity contribution in [2.24, 2.45) is 5.73 Å². The van der Waals surface area contributed by atoms with Crippen LogP contribution in [0.2, 0.25) is 0 Å². The van der Waals surface area contributed by atoms with Gasteiger partial charge in [0.15, 0.2) is 0 Å². The summed E-state index contributed by atoms with van der Waals surface area (Å²) in [4.78, 5) is 17.2. The molecule has 1 aromatic carbocycles. The van der Waals surface area contributed by atoms with Gasteiger partial charge in [-0.1, -0.05) is 0 Å². The van der Waals surface area contributed by atoms with Crippen LogP contribution in [0.3, 0.4) is 0 Å². The van der Waals surface area contributed by atoms with Gasteiger partial charge in [-0.05, 0) is 24.6 Å². The number of hydrogen-bond donors (Lipinski definition) is 4. The Morgan fingerprint density at radius 2 is 1.96 bits per heavy atom. The van der Waals surface area contributed by atoms with Crippen LogP contribution in [-0.2, 0) is 11.2 Å². The highest BCUT2D eigenvalue weighted by Gasteiger charge is 2.12. The monoisotopic (exact) mass is 321 g/mol. The van der Waals surface area contributed by atoms with E-state index in [1.165, 1.54) is 4.68 Å². The number of fused-ring (bicyclic) bond motifs is 1. The summed E-state index contributed by atoms with van der Waals surface area (Å²) in [7, 11) is 0. The van der Waals surface area contributed by atoms with Crippen molar-refractivity contribution in [3.63, 3.8) is 0 Å². The lowest BCUT2D eigenvalue weighted by Gasteiger charge is -2.22. The van der Waals surface area contributed by atoms with Crippen LogP contribution in [0, 0.1) is 0 Å². The van der Waals surface area contributed by atoms with Crippen LogP contribution in [0.15, 0.2) is 18.2 Å². The number of aliphatic hydroxyl groups excluding tert-OH is 2. The number of aromatic nitrogens is 2. The Hall–Kier alpha value is -2.32. The number of rotatable bonds is 9. The summed E-state index contributed by atoms with van der Waals surface area (Å²) in [6, 6.07) is 5.62. The van der Waals surface area contributed by atoms with E-state index in [1.54, 1.807) is 0 Å². The summed E-state index contributed by atoms with van der Waals surface area (Å²) in [5.41, 5.74) is 7.52. The van der Waals surface area contributed by atoms with E-state index in [1.807, 2.05) is 23.1 Å². The molecule has 0 aliphatic heterocycles. The molecule has 0 atom stereocenters. The molecule has 6 N–H and O–H groups in total.